The maximum absolute atomic E-state index is 11.5. The molecule has 0 fully saturated rings. The fourth-order valence-corrected chi connectivity index (χ4v) is 1.62. The molecule has 6 heteroatoms. The summed E-state index contributed by atoms with van der Waals surface area (Å²) in [6, 6.07) is 0. The summed E-state index contributed by atoms with van der Waals surface area (Å²) in [5, 5.41) is 5.96. The Hall–Kier alpha value is -1.04. The van der Waals surface area contributed by atoms with Gasteiger partial charge in [-0.2, -0.15) is 5.10 Å². The fraction of sp³-hybridized carbons (Fsp3) is 0.625. The summed E-state index contributed by atoms with van der Waals surface area (Å²) < 4.78 is 25.5. The highest BCUT2D eigenvalue weighted by molar-refractivity contribution is 7.93. The topological polar surface area (TPSA) is 74.8 Å². The molecule has 0 saturated heterocycles. The highest BCUT2D eigenvalue weighted by atomic mass is 32.2. The van der Waals surface area contributed by atoms with Gasteiger partial charge >= 0.3 is 0 Å². The normalized spacial score (nSPS) is 12.0. The number of H-pyrrole nitrogens is 1. The Kier molecular flexibility index (Phi) is 3.15. The van der Waals surface area contributed by atoms with E-state index in [-0.39, 0.29) is 0 Å². The van der Waals surface area contributed by atoms with Crippen LogP contribution in [-0.2, 0) is 16.4 Å². The lowest BCUT2D eigenvalue weighted by atomic mass is 10.3. The fourth-order valence-electron chi connectivity index (χ4n) is 0.928. The Balaban J connectivity index is 2.89. The number of sulfonamides is 1. The number of nitrogens with one attached hydrogen (secondary N) is 2. The van der Waals surface area contributed by atoms with E-state index < -0.39 is 15.3 Å². The largest absolute Gasteiger partial charge is 0.267 e. The number of rotatable bonds is 4. The molecule has 80 valence electrons. The second kappa shape index (κ2) is 4.00. The van der Waals surface area contributed by atoms with Crippen molar-refractivity contribution in [1.29, 1.82) is 0 Å². The van der Waals surface area contributed by atoms with E-state index in [1.54, 1.807) is 20.0 Å². The standard InChI is InChI=1S/C8H15N3O2S/c1-4-7-5-9-10-8(7)11-14(12,13)6(2)3/h5-6H,4H2,1-3H3,(H2,9,10,11). The molecule has 0 saturated carbocycles. The molecule has 5 nitrogen and oxygen atoms in total. The third-order valence-corrected chi connectivity index (χ3v) is 3.69. The zero-order valence-corrected chi connectivity index (χ0v) is 9.35. The van der Waals surface area contributed by atoms with E-state index in [4.69, 9.17) is 0 Å². The number of nitrogens with zero attached hydrogens (tertiary/aromatic N) is 1. The van der Waals surface area contributed by atoms with E-state index in [2.05, 4.69) is 14.9 Å². The first-order valence-electron chi connectivity index (χ1n) is 4.51. The molecule has 0 spiro atoms. The number of anilines is 1. The van der Waals surface area contributed by atoms with Gasteiger partial charge in [0.2, 0.25) is 10.0 Å². The monoisotopic (exact) mass is 217 g/mol. The summed E-state index contributed by atoms with van der Waals surface area (Å²) in [7, 11) is -3.28. The molecule has 0 aliphatic rings. The van der Waals surface area contributed by atoms with Gasteiger partial charge in [-0.3, -0.25) is 9.82 Å². The number of aromatic nitrogens is 2. The third-order valence-electron chi connectivity index (χ3n) is 1.96. The van der Waals surface area contributed by atoms with E-state index in [0.717, 1.165) is 12.0 Å². The van der Waals surface area contributed by atoms with Gasteiger partial charge in [-0.05, 0) is 20.3 Å². The minimum absolute atomic E-state index is 0.449. The van der Waals surface area contributed by atoms with E-state index in [1.807, 2.05) is 6.92 Å². The van der Waals surface area contributed by atoms with Gasteiger partial charge in [-0.25, -0.2) is 8.42 Å². The SMILES string of the molecule is CCc1cn[nH]c1NS(=O)(=O)C(C)C. The van der Waals surface area contributed by atoms with Crippen molar-refractivity contribution in [3.63, 3.8) is 0 Å². The maximum atomic E-state index is 11.5. The number of hydrogen-bond donors (Lipinski definition) is 2. The van der Waals surface area contributed by atoms with Crippen molar-refractivity contribution >= 4 is 15.8 Å². The van der Waals surface area contributed by atoms with Crippen molar-refractivity contribution in [2.24, 2.45) is 0 Å². The molecule has 0 aliphatic carbocycles. The molecule has 14 heavy (non-hydrogen) atoms. The zero-order chi connectivity index (χ0) is 10.8. The van der Waals surface area contributed by atoms with Crippen molar-refractivity contribution in [3.8, 4) is 0 Å². The minimum Gasteiger partial charge on any atom is -0.267 e. The summed E-state index contributed by atoms with van der Waals surface area (Å²) in [6.07, 6.45) is 2.37. The molecule has 1 heterocycles. The van der Waals surface area contributed by atoms with Crippen LogP contribution in [0.1, 0.15) is 26.3 Å². The van der Waals surface area contributed by atoms with E-state index in [9.17, 15) is 8.42 Å². The lowest BCUT2D eigenvalue weighted by molar-refractivity contribution is 0.592. The lowest BCUT2D eigenvalue weighted by Gasteiger charge is -2.09. The summed E-state index contributed by atoms with van der Waals surface area (Å²) in [4.78, 5) is 0. The molecular formula is C8H15N3O2S. The third kappa shape index (κ3) is 2.25. The predicted molar refractivity (Wildman–Crippen MR) is 55.6 cm³/mol. The van der Waals surface area contributed by atoms with Crippen LogP contribution in [0.15, 0.2) is 6.20 Å². The minimum atomic E-state index is -3.28. The van der Waals surface area contributed by atoms with Crippen molar-refractivity contribution in [3.05, 3.63) is 11.8 Å². The Morgan fingerprint density at radius 2 is 2.21 bits per heavy atom. The molecule has 0 bridgehead atoms. The van der Waals surface area contributed by atoms with E-state index in [0.29, 0.717) is 5.82 Å². The van der Waals surface area contributed by atoms with Crippen LogP contribution in [0.2, 0.25) is 0 Å². The summed E-state index contributed by atoms with van der Waals surface area (Å²) in [5.74, 6) is 0.473. The van der Waals surface area contributed by atoms with Crippen LogP contribution in [0.25, 0.3) is 0 Å². The molecule has 0 atom stereocenters. The van der Waals surface area contributed by atoms with Crippen LogP contribution < -0.4 is 4.72 Å². The molecule has 0 amide bonds. The second-order valence-electron chi connectivity index (χ2n) is 3.32. The highest BCUT2D eigenvalue weighted by Crippen LogP contribution is 2.14. The van der Waals surface area contributed by atoms with Crippen molar-refractivity contribution in [2.45, 2.75) is 32.4 Å². The Morgan fingerprint density at radius 1 is 1.57 bits per heavy atom. The molecule has 1 aromatic heterocycles. The Morgan fingerprint density at radius 3 is 2.71 bits per heavy atom. The first kappa shape index (κ1) is 11.0. The van der Waals surface area contributed by atoms with Gasteiger partial charge in [0.1, 0.15) is 5.82 Å². The predicted octanol–water partition coefficient (Wildman–Crippen LogP) is 1.12. The van der Waals surface area contributed by atoms with Gasteiger partial charge in [-0.1, -0.05) is 6.92 Å². The van der Waals surface area contributed by atoms with E-state index in [1.165, 1.54) is 0 Å². The molecule has 1 aromatic rings. The average molecular weight is 217 g/mol. The molecule has 0 radical (unpaired) electrons. The first-order chi connectivity index (χ1) is 6.47. The van der Waals surface area contributed by atoms with Crippen LogP contribution in [0.5, 0.6) is 0 Å². The van der Waals surface area contributed by atoms with Crippen molar-refractivity contribution < 1.29 is 8.42 Å². The summed E-state index contributed by atoms with van der Waals surface area (Å²) in [5.41, 5.74) is 0.870. The number of aromatic amines is 1. The Labute approximate surface area is 84.0 Å². The van der Waals surface area contributed by atoms with Gasteiger partial charge in [0.25, 0.3) is 0 Å². The van der Waals surface area contributed by atoms with Gasteiger partial charge in [0.15, 0.2) is 0 Å². The summed E-state index contributed by atoms with van der Waals surface area (Å²) in [6.45, 7) is 5.20. The molecule has 1 rings (SSSR count). The van der Waals surface area contributed by atoms with Gasteiger partial charge in [0, 0.05) is 5.56 Å². The quantitative estimate of drug-likeness (QED) is 0.793. The second-order valence-corrected chi connectivity index (χ2v) is 5.56. The van der Waals surface area contributed by atoms with Crippen molar-refractivity contribution in [2.75, 3.05) is 4.72 Å². The van der Waals surface area contributed by atoms with Crippen LogP contribution >= 0.6 is 0 Å². The van der Waals surface area contributed by atoms with Gasteiger partial charge < -0.3 is 0 Å². The molecule has 0 unspecified atom stereocenters. The molecule has 0 aromatic carbocycles. The van der Waals surface area contributed by atoms with Gasteiger partial charge in [-0.15, -0.1) is 0 Å². The van der Waals surface area contributed by atoms with Gasteiger partial charge in [0.05, 0.1) is 11.4 Å². The maximum Gasteiger partial charge on any atom is 0.236 e. The molecule has 2 N–H and O–H groups in total. The van der Waals surface area contributed by atoms with Crippen molar-refractivity contribution in [1.82, 2.24) is 10.2 Å². The smallest absolute Gasteiger partial charge is 0.236 e. The lowest BCUT2D eigenvalue weighted by Crippen LogP contribution is -2.23. The van der Waals surface area contributed by atoms with Crippen LogP contribution in [-0.4, -0.2) is 23.9 Å². The zero-order valence-electron chi connectivity index (χ0n) is 8.53. The van der Waals surface area contributed by atoms with Crippen LogP contribution in [0, 0.1) is 0 Å². The van der Waals surface area contributed by atoms with Crippen LogP contribution in [0.4, 0.5) is 5.82 Å². The van der Waals surface area contributed by atoms with Crippen LogP contribution in [0.3, 0.4) is 0 Å². The summed E-state index contributed by atoms with van der Waals surface area (Å²) >= 11 is 0. The average Bonchev–Trinajstić information content (AvgIpc) is 2.50. The first-order valence-corrected chi connectivity index (χ1v) is 6.06. The number of aryl methyl sites for hydroxylation is 1. The molecular weight excluding hydrogens is 202 g/mol. The Bertz CT molecular complexity index is 394. The molecule has 0 aliphatic heterocycles. The number of hydrogen-bond acceptors (Lipinski definition) is 3. The highest BCUT2D eigenvalue weighted by Gasteiger charge is 2.17. The van der Waals surface area contributed by atoms with E-state index >= 15 is 0 Å².